The Morgan fingerprint density at radius 2 is 1.80 bits per heavy atom. The molecule has 0 atom stereocenters. The summed E-state index contributed by atoms with van der Waals surface area (Å²) in [4.78, 5) is 0. The highest BCUT2D eigenvalue weighted by atomic mass is 15.1. The molecule has 2 heteroatoms. The second-order valence-corrected chi connectivity index (χ2v) is 4.21. The van der Waals surface area contributed by atoms with E-state index in [2.05, 4.69) is 54.4 Å². The largest absolute Gasteiger partial charge is 0.282 e. The van der Waals surface area contributed by atoms with Crippen LogP contribution in [0.2, 0.25) is 0 Å². The van der Waals surface area contributed by atoms with Crippen LogP contribution in [0.4, 0.5) is 0 Å². The summed E-state index contributed by atoms with van der Waals surface area (Å²) in [6.45, 7) is 6.42. The van der Waals surface area contributed by atoms with Gasteiger partial charge in [-0.1, -0.05) is 38.1 Å². The fourth-order valence-corrected chi connectivity index (χ4v) is 1.60. The van der Waals surface area contributed by atoms with Crippen LogP contribution < -0.4 is 0 Å². The number of hydrogen-bond donors (Lipinski definition) is 1. The van der Waals surface area contributed by atoms with Crippen LogP contribution in [0.5, 0.6) is 0 Å². The van der Waals surface area contributed by atoms with Gasteiger partial charge in [-0.2, -0.15) is 5.10 Å². The summed E-state index contributed by atoms with van der Waals surface area (Å²) >= 11 is 0. The Bertz CT molecular complexity index is 438. The van der Waals surface area contributed by atoms with Crippen LogP contribution in [0, 0.1) is 6.92 Å². The number of rotatable bonds is 2. The lowest BCUT2D eigenvalue weighted by Gasteiger charge is -2.05. The Morgan fingerprint density at radius 1 is 1.13 bits per heavy atom. The molecule has 2 nitrogen and oxygen atoms in total. The number of aryl methyl sites for hydroxylation is 1. The fraction of sp³-hybridized carbons (Fsp3) is 0.308. The van der Waals surface area contributed by atoms with Gasteiger partial charge in [-0.25, -0.2) is 0 Å². The molecule has 0 saturated heterocycles. The molecule has 15 heavy (non-hydrogen) atoms. The van der Waals surface area contributed by atoms with E-state index in [0.717, 1.165) is 11.4 Å². The van der Waals surface area contributed by atoms with Crippen molar-refractivity contribution in [1.29, 1.82) is 0 Å². The van der Waals surface area contributed by atoms with Crippen LogP contribution in [0.15, 0.2) is 30.3 Å². The molecule has 2 rings (SSSR count). The highest BCUT2D eigenvalue weighted by molar-refractivity contribution is 5.59. The number of hydrogen-bond acceptors (Lipinski definition) is 1. The highest BCUT2D eigenvalue weighted by Gasteiger charge is 2.03. The second kappa shape index (κ2) is 3.89. The third kappa shape index (κ3) is 2.09. The van der Waals surface area contributed by atoms with E-state index in [1.54, 1.807) is 0 Å². The van der Waals surface area contributed by atoms with Crippen LogP contribution >= 0.6 is 0 Å². The number of aromatic amines is 1. The number of aromatic nitrogens is 2. The van der Waals surface area contributed by atoms with Gasteiger partial charge in [0.2, 0.25) is 0 Å². The lowest BCUT2D eigenvalue weighted by Crippen LogP contribution is -1.86. The van der Waals surface area contributed by atoms with E-state index < -0.39 is 0 Å². The van der Waals surface area contributed by atoms with Crippen LogP contribution in [-0.2, 0) is 0 Å². The Balaban J connectivity index is 2.31. The Morgan fingerprint density at radius 3 is 2.27 bits per heavy atom. The van der Waals surface area contributed by atoms with Crippen molar-refractivity contribution in [3.05, 3.63) is 41.6 Å². The Labute approximate surface area is 90.3 Å². The molecule has 0 bridgehead atoms. The summed E-state index contributed by atoms with van der Waals surface area (Å²) in [7, 11) is 0. The average molecular weight is 200 g/mol. The van der Waals surface area contributed by atoms with Crippen LogP contribution in [-0.4, -0.2) is 10.2 Å². The molecule has 0 amide bonds. The van der Waals surface area contributed by atoms with Gasteiger partial charge in [0.1, 0.15) is 0 Å². The Hall–Kier alpha value is -1.57. The van der Waals surface area contributed by atoms with Crippen molar-refractivity contribution in [1.82, 2.24) is 10.2 Å². The lowest BCUT2D eigenvalue weighted by molar-refractivity contribution is 0.867. The number of nitrogens with one attached hydrogen (secondary N) is 1. The first-order chi connectivity index (χ1) is 7.16. The number of nitrogens with zero attached hydrogens (tertiary/aromatic N) is 1. The maximum absolute atomic E-state index is 4.24. The van der Waals surface area contributed by atoms with Gasteiger partial charge in [0.05, 0.1) is 5.69 Å². The molecular formula is C13H16N2. The second-order valence-electron chi connectivity index (χ2n) is 4.21. The van der Waals surface area contributed by atoms with Gasteiger partial charge >= 0.3 is 0 Å². The van der Waals surface area contributed by atoms with E-state index >= 15 is 0 Å². The quantitative estimate of drug-likeness (QED) is 0.789. The summed E-state index contributed by atoms with van der Waals surface area (Å²) in [6, 6.07) is 10.7. The van der Waals surface area contributed by atoms with E-state index in [9.17, 15) is 0 Å². The minimum atomic E-state index is 0.583. The van der Waals surface area contributed by atoms with Gasteiger partial charge < -0.3 is 0 Å². The zero-order valence-electron chi connectivity index (χ0n) is 9.41. The average Bonchev–Trinajstić information content (AvgIpc) is 2.65. The number of benzene rings is 1. The van der Waals surface area contributed by atoms with Crippen molar-refractivity contribution >= 4 is 0 Å². The van der Waals surface area contributed by atoms with Crippen LogP contribution in [0.3, 0.4) is 0 Å². The summed E-state index contributed by atoms with van der Waals surface area (Å²) in [5.74, 6) is 0.583. The molecule has 0 unspecified atom stereocenters. The molecule has 78 valence electrons. The van der Waals surface area contributed by atoms with Gasteiger partial charge in [0.25, 0.3) is 0 Å². The monoisotopic (exact) mass is 200 g/mol. The SMILES string of the molecule is Cc1cc(-c2ccc(C(C)C)cc2)n[nH]1. The van der Waals surface area contributed by atoms with Gasteiger partial charge in [-0.3, -0.25) is 5.10 Å². The molecule has 0 radical (unpaired) electrons. The van der Waals surface area contributed by atoms with Gasteiger partial charge in [0, 0.05) is 11.3 Å². The topological polar surface area (TPSA) is 28.7 Å². The first kappa shape index (κ1) is 9.97. The van der Waals surface area contributed by atoms with Crippen molar-refractivity contribution < 1.29 is 0 Å². The van der Waals surface area contributed by atoms with Gasteiger partial charge in [-0.15, -0.1) is 0 Å². The summed E-state index contributed by atoms with van der Waals surface area (Å²) < 4.78 is 0. The standard InChI is InChI=1S/C13H16N2/c1-9(2)11-4-6-12(7-5-11)13-8-10(3)14-15-13/h4-9H,1-3H3,(H,14,15). The molecule has 1 aromatic carbocycles. The predicted octanol–water partition coefficient (Wildman–Crippen LogP) is 3.51. The molecule has 0 fully saturated rings. The molecule has 0 aliphatic carbocycles. The van der Waals surface area contributed by atoms with Crippen molar-refractivity contribution in [2.75, 3.05) is 0 Å². The van der Waals surface area contributed by atoms with E-state index in [1.807, 2.05) is 6.92 Å². The van der Waals surface area contributed by atoms with Crippen molar-refractivity contribution in [3.8, 4) is 11.3 Å². The fourth-order valence-electron chi connectivity index (χ4n) is 1.60. The minimum Gasteiger partial charge on any atom is -0.282 e. The normalized spacial score (nSPS) is 10.9. The zero-order chi connectivity index (χ0) is 10.8. The lowest BCUT2D eigenvalue weighted by atomic mass is 10.0. The minimum absolute atomic E-state index is 0.583. The number of H-pyrrole nitrogens is 1. The molecular weight excluding hydrogens is 184 g/mol. The highest BCUT2D eigenvalue weighted by Crippen LogP contribution is 2.21. The molecule has 0 aliphatic rings. The molecule has 0 saturated carbocycles. The van der Waals surface area contributed by atoms with Gasteiger partial charge in [-0.05, 0) is 24.5 Å². The zero-order valence-corrected chi connectivity index (χ0v) is 9.41. The van der Waals surface area contributed by atoms with E-state index in [0.29, 0.717) is 5.92 Å². The summed E-state index contributed by atoms with van der Waals surface area (Å²) in [6.07, 6.45) is 0. The van der Waals surface area contributed by atoms with E-state index in [1.165, 1.54) is 11.1 Å². The molecule has 0 spiro atoms. The molecule has 1 N–H and O–H groups in total. The van der Waals surface area contributed by atoms with E-state index in [4.69, 9.17) is 0 Å². The van der Waals surface area contributed by atoms with Crippen molar-refractivity contribution in [2.24, 2.45) is 0 Å². The van der Waals surface area contributed by atoms with Crippen molar-refractivity contribution in [2.45, 2.75) is 26.7 Å². The van der Waals surface area contributed by atoms with Crippen LogP contribution in [0.25, 0.3) is 11.3 Å². The Kier molecular flexibility index (Phi) is 2.58. The maximum Gasteiger partial charge on any atom is 0.0923 e. The van der Waals surface area contributed by atoms with Gasteiger partial charge in [0.15, 0.2) is 0 Å². The summed E-state index contributed by atoms with van der Waals surface area (Å²) in [5.41, 5.74) is 4.65. The molecule has 2 aromatic rings. The first-order valence-electron chi connectivity index (χ1n) is 5.29. The van der Waals surface area contributed by atoms with Crippen molar-refractivity contribution in [3.63, 3.8) is 0 Å². The molecule has 1 heterocycles. The molecule has 0 aliphatic heterocycles. The maximum atomic E-state index is 4.24. The predicted molar refractivity (Wildman–Crippen MR) is 62.8 cm³/mol. The third-order valence-electron chi connectivity index (χ3n) is 2.58. The smallest absolute Gasteiger partial charge is 0.0923 e. The first-order valence-corrected chi connectivity index (χ1v) is 5.29. The summed E-state index contributed by atoms with van der Waals surface area (Å²) in [5, 5.41) is 7.19. The molecule has 1 aromatic heterocycles. The third-order valence-corrected chi connectivity index (χ3v) is 2.58. The van der Waals surface area contributed by atoms with Crippen LogP contribution in [0.1, 0.15) is 31.0 Å². The van der Waals surface area contributed by atoms with E-state index in [-0.39, 0.29) is 0 Å².